The summed E-state index contributed by atoms with van der Waals surface area (Å²) in [6, 6.07) is 8.85. The summed E-state index contributed by atoms with van der Waals surface area (Å²) in [7, 11) is 0. The third-order valence-electron chi connectivity index (χ3n) is 2.86. The molecule has 0 aliphatic carbocycles. The zero-order chi connectivity index (χ0) is 13.1. The van der Waals surface area contributed by atoms with Gasteiger partial charge in [-0.1, -0.05) is 63.3 Å². The standard InChI is InChI=1S/C15H20O2/c1-11(15(2,3)4)10-13(16)14(17)12-8-6-5-7-9-12/h5-9,13,16H,1,10H2,2-4H3. The normalized spacial score (nSPS) is 13.2. The van der Waals surface area contributed by atoms with Crippen molar-refractivity contribution in [3.8, 4) is 0 Å². The molecule has 1 rings (SSSR count). The van der Waals surface area contributed by atoms with E-state index < -0.39 is 6.10 Å². The van der Waals surface area contributed by atoms with Gasteiger partial charge in [0, 0.05) is 12.0 Å². The SMILES string of the molecule is C=C(CC(O)C(=O)c1ccccc1)C(C)(C)C. The molecular weight excluding hydrogens is 212 g/mol. The van der Waals surface area contributed by atoms with Crippen molar-refractivity contribution in [3.05, 3.63) is 48.0 Å². The lowest BCUT2D eigenvalue weighted by molar-refractivity contribution is 0.0740. The van der Waals surface area contributed by atoms with Crippen molar-refractivity contribution in [2.45, 2.75) is 33.3 Å². The smallest absolute Gasteiger partial charge is 0.191 e. The van der Waals surface area contributed by atoms with E-state index in [1.165, 1.54) is 0 Å². The van der Waals surface area contributed by atoms with Crippen molar-refractivity contribution in [3.63, 3.8) is 0 Å². The Kier molecular flexibility index (Phi) is 4.24. The third-order valence-corrected chi connectivity index (χ3v) is 2.86. The number of benzene rings is 1. The molecule has 0 bridgehead atoms. The maximum Gasteiger partial charge on any atom is 0.191 e. The van der Waals surface area contributed by atoms with Crippen LogP contribution in [0.25, 0.3) is 0 Å². The summed E-state index contributed by atoms with van der Waals surface area (Å²) in [6.45, 7) is 10.00. The number of hydrogen-bond donors (Lipinski definition) is 1. The van der Waals surface area contributed by atoms with E-state index in [1.54, 1.807) is 24.3 Å². The second-order valence-electron chi connectivity index (χ2n) is 5.30. The number of hydrogen-bond acceptors (Lipinski definition) is 2. The molecule has 0 spiro atoms. The van der Waals surface area contributed by atoms with E-state index >= 15 is 0 Å². The van der Waals surface area contributed by atoms with Gasteiger partial charge in [0.1, 0.15) is 6.10 Å². The summed E-state index contributed by atoms with van der Waals surface area (Å²) < 4.78 is 0. The van der Waals surface area contributed by atoms with E-state index in [2.05, 4.69) is 6.58 Å². The highest BCUT2D eigenvalue weighted by atomic mass is 16.3. The Morgan fingerprint density at radius 3 is 2.29 bits per heavy atom. The van der Waals surface area contributed by atoms with Crippen molar-refractivity contribution >= 4 is 5.78 Å². The van der Waals surface area contributed by atoms with Crippen LogP contribution in [0.15, 0.2) is 42.5 Å². The van der Waals surface area contributed by atoms with Crippen LogP contribution in [-0.4, -0.2) is 17.0 Å². The van der Waals surface area contributed by atoms with Crippen LogP contribution in [0.1, 0.15) is 37.6 Å². The van der Waals surface area contributed by atoms with Gasteiger partial charge in [-0.2, -0.15) is 0 Å². The fourth-order valence-electron chi connectivity index (χ4n) is 1.43. The zero-order valence-electron chi connectivity index (χ0n) is 10.7. The highest BCUT2D eigenvalue weighted by molar-refractivity contribution is 5.99. The van der Waals surface area contributed by atoms with Gasteiger partial charge < -0.3 is 5.11 Å². The van der Waals surface area contributed by atoms with E-state index in [-0.39, 0.29) is 11.2 Å². The largest absolute Gasteiger partial charge is 0.385 e. The maximum absolute atomic E-state index is 11.9. The molecule has 0 amide bonds. The third kappa shape index (κ3) is 3.82. The maximum atomic E-state index is 11.9. The molecule has 0 aliphatic rings. The monoisotopic (exact) mass is 232 g/mol. The molecule has 92 valence electrons. The van der Waals surface area contributed by atoms with Gasteiger partial charge in [0.2, 0.25) is 0 Å². The number of aliphatic hydroxyl groups excluding tert-OH is 1. The van der Waals surface area contributed by atoms with Crippen LogP contribution in [0.5, 0.6) is 0 Å². The van der Waals surface area contributed by atoms with Crippen LogP contribution >= 0.6 is 0 Å². The lowest BCUT2D eigenvalue weighted by Crippen LogP contribution is -2.24. The van der Waals surface area contributed by atoms with E-state index in [0.717, 1.165) is 5.57 Å². The molecule has 1 N–H and O–H groups in total. The van der Waals surface area contributed by atoms with Crippen molar-refractivity contribution < 1.29 is 9.90 Å². The molecule has 1 aromatic carbocycles. The lowest BCUT2D eigenvalue weighted by atomic mass is 9.83. The van der Waals surface area contributed by atoms with Gasteiger partial charge in [-0.25, -0.2) is 0 Å². The Morgan fingerprint density at radius 2 is 1.82 bits per heavy atom. The summed E-state index contributed by atoms with van der Waals surface area (Å²) in [5.41, 5.74) is 1.34. The Hall–Kier alpha value is -1.41. The molecule has 1 atom stereocenters. The quantitative estimate of drug-likeness (QED) is 0.639. The average Bonchev–Trinajstić information content (AvgIpc) is 2.27. The zero-order valence-corrected chi connectivity index (χ0v) is 10.7. The lowest BCUT2D eigenvalue weighted by Gasteiger charge is -2.23. The molecule has 0 aromatic heterocycles. The molecule has 1 unspecified atom stereocenters. The van der Waals surface area contributed by atoms with E-state index in [9.17, 15) is 9.90 Å². The molecule has 0 saturated heterocycles. The van der Waals surface area contributed by atoms with Crippen LogP contribution in [0.2, 0.25) is 0 Å². The number of Topliss-reactive ketones (excluding diaryl/α,β-unsaturated/α-hetero) is 1. The molecule has 0 aliphatic heterocycles. The highest BCUT2D eigenvalue weighted by Crippen LogP contribution is 2.27. The first kappa shape index (κ1) is 13.7. The molecular formula is C15H20O2. The predicted molar refractivity (Wildman–Crippen MR) is 70.0 cm³/mol. The van der Waals surface area contributed by atoms with Crippen molar-refractivity contribution in [1.29, 1.82) is 0 Å². The Morgan fingerprint density at radius 1 is 1.29 bits per heavy atom. The summed E-state index contributed by atoms with van der Waals surface area (Å²) >= 11 is 0. The minimum atomic E-state index is -0.996. The van der Waals surface area contributed by atoms with Crippen molar-refractivity contribution in [2.24, 2.45) is 5.41 Å². The Bertz CT molecular complexity index is 399. The number of rotatable bonds is 4. The fraction of sp³-hybridized carbons (Fsp3) is 0.400. The summed E-state index contributed by atoms with van der Waals surface area (Å²) in [5.74, 6) is -0.240. The number of carbonyl (C=O) groups excluding carboxylic acids is 1. The molecule has 2 heteroatoms. The summed E-state index contributed by atoms with van der Waals surface area (Å²) in [5, 5.41) is 9.89. The van der Waals surface area contributed by atoms with Gasteiger partial charge in [0.25, 0.3) is 0 Å². The van der Waals surface area contributed by atoms with Gasteiger partial charge in [-0.15, -0.1) is 0 Å². The van der Waals surface area contributed by atoms with Gasteiger partial charge in [0.15, 0.2) is 5.78 Å². The Balaban J connectivity index is 2.69. The topological polar surface area (TPSA) is 37.3 Å². The van der Waals surface area contributed by atoms with Gasteiger partial charge in [-0.05, 0) is 5.41 Å². The van der Waals surface area contributed by atoms with Gasteiger partial charge in [-0.3, -0.25) is 4.79 Å². The predicted octanol–water partition coefficient (Wildman–Crippen LogP) is 3.22. The molecule has 0 heterocycles. The van der Waals surface area contributed by atoms with Crippen LogP contribution in [0.4, 0.5) is 0 Å². The van der Waals surface area contributed by atoms with E-state index in [0.29, 0.717) is 12.0 Å². The molecule has 1 aromatic rings. The van der Waals surface area contributed by atoms with Crippen LogP contribution in [0, 0.1) is 5.41 Å². The summed E-state index contributed by atoms with van der Waals surface area (Å²) in [6.07, 6.45) is -0.679. The van der Waals surface area contributed by atoms with Crippen LogP contribution < -0.4 is 0 Å². The first-order chi connectivity index (χ1) is 7.82. The molecule has 0 radical (unpaired) electrons. The van der Waals surface area contributed by atoms with Gasteiger partial charge in [0.05, 0.1) is 0 Å². The van der Waals surface area contributed by atoms with Crippen LogP contribution in [-0.2, 0) is 0 Å². The minimum Gasteiger partial charge on any atom is -0.385 e. The van der Waals surface area contributed by atoms with E-state index in [4.69, 9.17) is 0 Å². The van der Waals surface area contributed by atoms with E-state index in [1.807, 2.05) is 26.8 Å². The van der Waals surface area contributed by atoms with Crippen molar-refractivity contribution in [2.75, 3.05) is 0 Å². The number of ketones is 1. The van der Waals surface area contributed by atoms with Crippen molar-refractivity contribution in [1.82, 2.24) is 0 Å². The number of carbonyl (C=O) groups is 1. The summed E-state index contributed by atoms with van der Waals surface area (Å²) in [4.78, 5) is 11.9. The molecule has 0 fully saturated rings. The highest BCUT2D eigenvalue weighted by Gasteiger charge is 2.22. The molecule has 2 nitrogen and oxygen atoms in total. The van der Waals surface area contributed by atoms with Gasteiger partial charge >= 0.3 is 0 Å². The Labute approximate surface area is 103 Å². The first-order valence-corrected chi connectivity index (χ1v) is 5.78. The second kappa shape index (κ2) is 5.28. The number of aliphatic hydroxyl groups is 1. The molecule has 17 heavy (non-hydrogen) atoms. The molecule has 0 saturated carbocycles. The second-order valence-corrected chi connectivity index (χ2v) is 5.30. The minimum absolute atomic E-state index is 0.0854. The average molecular weight is 232 g/mol. The van der Waals surface area contributed by atoms with Crippen LogP contribution in [0.3, 0.4) is 0 Å². The first-order valence-electron chi connectivity index (χ1n) is 5.78. The fourth-order valence-corrected chi connectivity index (χ4v) is 1.43.